The zero-order valence-corrected chi connectivity index (χ0v) is 16.3. The van der Waals surface area contributed by atoms with Crippen molar-refractivity contribution >= 4 is 27.9 Å². The summed E-state index contributed by atoms with van der Waals surface area (Å²) < 4.78 is 40.2. The van der Waals surface area contributed by atoms with Gasteiger partial charge in [0.2, 0.25) is 5.91 Å². The van der Waals surface area contributed by atoms with Crippen molar-refractivity contribution in [3.05, 3.63) is 58.1 Å². The molecule has 144 valence electrons. The number of nitrogens with one attached hydrogen (secondary N) is 1. The molecule has 0 aliphatic carbocycles. The van der Waals surface area contributed by atoms with Crippen LogP contribution >= 0.6 is 15.9 Å². The number of amides is 1. The van der Waals surface area contributed by atoms with E-state index in [0.29, 0.717) is 11.3 Å². The van der Waals surface area contributed by atoms with Gasteiger partial charge >= 0.3 is 6.61 Å². The number of carbonyl (C=O) groups is 1. The third-order valence-electron chi connectivity index (χ3n) is 3.52. The molecule has 0 atom stereocenters. The Hall–Kier alpha value is -2.61. The van der Waals surface area contributed by atoms with Crippen LogP contribution < -0.4 is 19.5 Å². The lowest BCUT2D eigenvalue weighted by molar-refractivity contribution is -0.116. The van der Waals surface area contributed by atoms with Gasteiger partial charge in [-0.1, -0.05) is 22.0 Å². The maximum absolute atomic E-state index is 12.3. The Balaban J connectivity index is 2.00. The molecule has 2 aromatic carbocycles. The van der Waals surface area contributed by atoms with Crippen molar-refractivity contribution in [1.29, 1.82) is 0 Å². The molecule has 0 radical (unpaired) electrons. The van der Waals surface area contributed by atoms with Crippen molar-refractivity contribution < 1.29 is 27.8 Å². The van der Waals surface area contributed by atoms with E-state index in [4.69, 9.17) is 9.47 Å². The molecule has 0 aliphatic heterocycles. The van der Waals surface area contributed by atoms with Crippen molar-refractivity contribution in [2.45, 2.75) is 13.2 Å². The molecule has 0 spiro atoms. The quantitative estimate of drug-likeness (QED) is 0.616. The molecule has 1 amide bonds. The molecular weight excluding hydrogens is 424 g/mol. The van der Waals surface area contributed by atoms with Crippen LogP contribution in [0.3, 0.4) is 0 Å². The van der Waals surface area contributed by atoms with Gasteiger partial charge in [0.25, 0.3) is 0 Å². The van der Waals surface area contributed by atoms with Gasteiger partial charge in [-0.15, -0.1) is 0 Å². The minimum Gasteiger partial charge on any atom is -0.496 e. The zero-order valence-electron chi connectivity index (χ0n) is 14.7. The first kappa shape index (κ1) is 20.7. The molecule has 2 aromatic rings. The van der Waals surface area contributed by atoms with E-state index in [0.717, 1.165) is 10.0 Å². The Morgan fingerprint density at radius 1 is 1.11 bits per heavy atom. The average Bonchev–Trinajstić information content (AvgIpc) is 2.65. The normalized spacial score (nSPS) is 10.9. The predicted octanol–water partition coefficient (Wildman–Crippen LogP) is 4.40. The van der Waals surface area contributed by atoms with E-state index in [-0.39, 0.29) is 24.0 Å². The maximum Gasteiger partial charge on any atom is 0.387 e. The van der Waals surface area contributed by atoms with Crippen molar-refractivity contribution in [2.24, 2.45) is 0 Å². The van der Waals surface area contributed by atoms with Gasteiger partial charge in [0.15, 0.2) is 11.5 Å². The van der Waals surface area contributed by atoms with Crippen molar-refractivity contribution in [3.8, 4) is 17.2 Å². The lowest BCUT2D eigenvalue weighted by Crippen LogP contribution is -2.20. The smallest absolute Gasteiger partial charge is 0.387 e. The molecule has 27 heavy (non-hydrogen) atoms. The Morgan fingerprint density at radius 2 is 1.81 bits per heavy atom. The Bertz CT molecular complexity index is 827. The summed E-state index contributed by atoms with van der Waals surface area (Å²) in [4.78, 5) is 12.0. The van der Waals surface area contributed by atoms with Crippen LogP contribution in [0, 0.1) is 0 Å². The molecule has 2 rings (SSSR count). The molecule has 0 unspecified atom stereocenters. The van der Waals surface area contributed by atoms with Gasteiger partial charge < -0.3 is 19.5 Å². The third-order valence-corrected chi connectivity index (χ3v) is 4.01. The molecule has 0 aromatic heterocycles. The van der Waals surface area contributed by atoms with E-state index in [2.05, 4.69) is 26.0 Å². The Labute approximate surface area is 164 Å². The largest absolute Gasteiger partial charge is 0.496 e. The highest BCUT2D eigenvalue weighted by atomic mass is 79.9. The summed E-state index contributed by atoms with van der Waals surface area (Å²) in [5.74, 6) is 0.422. The first-order chi connectivity index (χ1) is 12.9. The number of hydrogen-bond acceptors (Lipinski definition) is 4. The number of benzene rings is 2. The van der Waals surface area contributed by atoms with Gasteiger partial charge in [-0.05, 0) is 42.0 Å². The third kappa shape index (κ3) is 6.25. The first-order valence-corrected chi connectivity index (χ1v) is 8.63. The highest BCUT2D eigenvalue weighted by Crippen LogP contribution is 2.29. The second-order valence-corrected chi connectivity index (χ2v) is 6.22. The number of alkyl halides is 2. The summed E-state index contributed by atoms with van der Waals surface area (Å²) in [6.07, 6.45) is 3.02. The molecule has 8 heteroatoms. The predicted molar refractivity (Wildman–Crippen MR) is 101 cm³/mol. The minimum atomic E-state index is -2.94. The van der Waals surface area contributed by atoms with Gasteiger partial charge in [-0.2, -0.15) is 8.78 Å². The zero-order chi connectivity index (χ0) is 19.8. The highest BCUT2D eigenvalue weighted by Gasteiger charge is 2.11. The molecule has 0 heterocycles. The lowest BCUT2D eigenvalue weighted by Gasteiger charge is -2.11. The van der Waals surface area contributed by atoms with E-state index >= 15 is 0 Å². The number of halogens is 3. The average molecular weight is 442 g/mol. The van der Waals surface area contributed by atoms with E-state index in [1.165, 1.54) is 25.3 Å². The SMILES string of the molecule is COc1ccc(Br)cc1/C=C/C(=O)NCc1ccc(OC(F)F)c(OC)c1. The molecule has 0 saturated heterocycles. The van der Waals surface area contributed by atoms with Crippen molar-refractivity contribution in [3.63, 3.8) is 0 Å². The topological polar surface area (TPSA) is 56.8 Å². The summed E-state index contributed by atoms with van der Waals surface area (Å²) in [5.41, 5.74) is 1.42. The number of ether oxygens (including phenoxy) is 3. The van der Waals surface area contributed by atoms with Crippen molar-refractivity contribution in [2.75, 3.05) is 14.2 Å². The number of hydrogen-bond donors (Lipinski definition) is 1. The molecule has 0 saturated carbocycles. The van der Waals surface area contributed by atoms with Gasteiger partial charge in [0.1, 0.15) is 5.75 Å². The minimum absolute atomic E-state index is 0.0655. The summed E-state index contributed by atoms with van der Waals surface area (Å²) in [5, 5.41) is 2.71. The molecule has 0 aliphatic rings. The molecule has 0 fully saturated rings. The summed E-state index contributed by atoms with van der Waals surface area (Å²) in [6, 6.07) is 9.92. The van der Waals surface area contributed by atoms with E-state index in [9.17, 15) is 13.6 Å². The highest BCUT2D eigenvalue weighted by molar-refractivity contribution is 9.10. The molecular formula is C19H18BrF2NO4. The maximum atomic E-state index is 12.3. The fourth-order valence-corrected chi connectivity index (χ4v) is 2.64. The molecule has 5 nitrogen and oxygen atoms in total. The van der Waals surface area contributed by atoms with Crippen LogP contribution in [0.25, 0.3) is 6.08 Å². The van der Waals surface area contributed by atoms with Gasteiger partial charge in [0, 0.05) is 22.7 Å². The van der Waals surface area contributed by atoms with Gasteiger partial charge in [-0.3, -0.25) is 4.79 Å². The summed E-state index contributed by atoms with van der Waals surface area (Å²) in [6.45, 7) is -2.74. The van der Waals surface area contributed by atoms with Crippen LogP contribution in [0.1, 0.15) is 11.1 Å². The molecule has 0 bridgehead atoms. The van der Waals surface area contributed by atoms with Gasteiger partial charge in [-0.25, -0.2) is 0 Å². The van der Waals surface area contributed by atoms with Crippen LogP contribution in [0.15, 0.2) is 46.9 Å². The summed E-state index contributed by atoms with van der Waals surface area (Å²) in [7, 11) is 2.90. The van der Waals surface area contributed by atoms with Gasteiger partial charge in [0.05, 0.1) is 14.2 Å². The number of methoxy groups -OCH3 is 2. The fourth-order valence-electron chi connectivity index (χ4n) is 2.26. The number of carbonyl (C=O) groups excluding carboxylic acids is 1. The van der Waals surface area contributed by atoms with E-state index in [1.807, 2.05) is 12.1 Å². The van der Waals surface area contributed by atoms with Crippen LogP contribution in [0.2, 0.25) is 0 Å². The summed E-state index contributed by atoms with van der Waals surface area (Å²) >= 11 is 3.37. The molecule has 1 N–H and O–H groups in total. The first-order valence-electron chi connectivity index (χ1n) is 7.84. The second kappa shape index (κ2) is 9.91. The second-order valence-electron chi connectivity index (χ2n) is 5.30. The Kier molecular flexibility index (Phi) is 7.60. The van der Waals surface area contributed by atoms with E-state index in [1.54, 1.807) is 25.3 Å². The van der Waals surface area contributed by atoms with E-state index < -0.39 is 6.61 Å². The van der Waals surface area contributed by atoms with Crippen LogP contribution in [-0.4, -0.2) is 26.7 Å². The van der Waals surface area contributed by atoms with Crippen LogP contribution in [-0.2, 0) is 11.3 Å². The monoisotopic (exact) mass is 441 g/mol. The Morgan fingerprint density at radius 3 is 2.48 bits per heavy atom. The standard InChI is InChI=1S/C19H18BrF2NO4/c1-25-15-7-5-14(20)10-13(15)4-8-18(24)23-11-12-3-6-16(27-19(21)22)17(9-12)26-2/h3-10,19H,11H2,1-2H3,(H,23,24)/b8-4+. The van der Waals surface area contributed by atoms with Crippen molar-refractivity contribution in [1.82, 2.24) is 5.32 Å². The lowest BCUT2D eigenvalue weighted by atomic mass is 10.2. The van der Waals surface area contributed by atoms with Crippen LogP contribution in [0.5, 0.6) is 17.2 Å². The number of rotatable bonds is 8. The van der Waals surface area contributed by atoms with Crippen LogP contribution in [0.4, 0.5) is 8.78 Å². The fraction of sp³-hybridized carbons (Fsp3) is 0.211.